The molecule has 16 heavy (non-hydrogen) atoms. The van der Waals surface area contributed by atoms with Crippen LogP contribution < -0.4 is 0 Å². The summed E-state index contributed by atoms with van der Waals surface area (Å²) in [4.78, 5) is 7.58. The van der Waals surface area contributed by atoms with Crippen LogP contribution in [0.5, 0.6) is 0 Å². The van der Waals surface area contributed by atoms with Gasteiger partial charge in [-0.2, -0.15) is 0 Å². The Labute approximate surface area is 104 Å². The van der Waals surface area contributed by atoms with Gasteiger partial charge in [-0.3, -0.25) is 0 Å². The van der Waals surface area contributed by atoms with Gasteiger partial charge in [-0.1, -0.05) is 24.3 Å². The normalized spacial score (nSPS) is 10.7. The molecule has 1 N–H and O–H groups in total. The number of nitrogens with zero attached hydrogens (tertiary/aromatic N) is 1. The van der Waals surface area contributed by atoms with Crippen LogP contribution in [0.15, 0.2) is 28.9 Å². The predicted octanol–water partition coefficient (Wildman–Crippen LogP) is 3.57. The number of benzene rings is 1. The Kier molecular flexibility index (Phi) is 3.44. The molecule has 0 spiro atoms. The summed E-state index contributed by atoms with van der Waals surface area (Å²) in [7, 11) is 0. The molecule has 2 aromatic rings. The minimum absolute atomic E-state index is 0.943. The highest BCUT2D eigenvalue weighted by molar-refractivity contribution is 9.10. The number of nitrogens with one attached hydrogen (secondary N) is 1. The van der Waals surface area contributed by atoms with Crippen molar-refractivity contribution in [2.24, 2.45) is 0 Å². The molecule has 0 radical (unpaired) electrons. The second kappa shape index (κ2) is 4.83. The molecule has 84 valence electrons. The first-order valence-electron chi connectivity index (χ1n) is 5.42. The number of halogens is 1. The summed E-state index contributed by atoms with van der Waals surface area (Å²) in [5.41, 5.74) is 3.94. The topological polar surface area (TPSA) is 28.7 Å². The standard InChI is InChI=1S/C13H15BrN2/c1-9-5-3-4-6-11(9)7-8-12-13(14)16-10(2)15-12/h3-6H,7-8H2,1-2H3,(H,15,16). The number of aryl methyl sites for hydroxylation is 4. The third-order valence-electron chi connectivity index (χ3n) is 2.75. The van der Waals surface area contributed by atoms with Crippen molar-refractivity contribution in [2.75, 3.05) is 0 Å². The first-order chi connectivity index (χ1) is 7.66. The molecule has 0 saturated heterocycles. The molecule has 0 aliphatic heterocycles. The van der Waals surface area contributed by atoms with Crippen molar-refractivity contribution in [1.82, 2.24) is 9.97 Å². The lowest BCUT2D eigenvalue weighted by atomic mass is 10.0. The van der Waals surface area contributed by atoms with Crippen molar-refractivity contribution in [1.29, 1.82) is 0 Å². The van der Waals surface area contributed by atoms with E-state index in [9.17, 15) is 0 Å². The molecule has 0 amide bonds. The number of rotatable bonds is 3. The number of hydrogen-bond donors (Lipinski definition) is 1. The van der Waals surface area contributed by atoms with E-state index in [0.29, 0.717) is 0 Å². The second-order valence-corrected chi connectivity index (χ2v) is 4.77. The molecule has 1 aromatic heterocycles. The zero-order valence-corrected chi connectivity index (χ0v) is 11.1. The first-order valence-corrected chi connectivity index (χ1v) is 6.21. The first kappa shape index (κ1) is 11.4. The fourth-order valence-electron chi connectivity index (χ4n) is 1.83. The molecule has 3 heteroatoms. The van der Waals surface area contributed by atoms with Crippen LogP contribution in [0.2, 0.25) is 0 Å². The van der Waals surface area contributed by atoms with Crippen LogP contribution in [0.3, 0.4) is 0 Å². The van der Waals surface area contributed by atoms with Crippen molar-refractivity contribution >= 4 is 15.9 Å². The summed E-state index contributed by atoms with van der Waals surface area (Å²) < 4.78 is 0.943. The largest absolute Gasteiger partial charge is 0.345 e. The molecule has 0 atom stereocenters. The van der Waals surface area contributed by atoms with E-state index < -0.39 is 0 Å². The van der Waals surface area contributed by atoms with Gasteiger partial charge >= 0.3 is 0 Å². The van der Waals surface area contributed by atoms with E-state index in [1.165, 1.54) is 16.8 Å². The van der Waals surface area contributed by atoms with E-state index in [1.54, 1.807) is 0 Å². The molecule has 0 bridgehead atoms. The van der Waals surface area contributed by atoms with Crippen LogP contribution in [0.25, 0.3) is 0 Å². The molecule has 2 rings (SSSR count). The highest BCUT2D eigenvalue weighted by Crippen LogP contribution is 2.17. The summed E-state index contributed by atoms with van der Waals surface area (Å²) in [5.74, 6) is 0.964. The molecule has 0 aliphatic rings. The minimum atomic E-state index is 0.943. The third-order valence-corrected chi connectivity index (χ3v) is 3.41. The van der Waals surface area contributed by atoms with Gasteiger partial charge in [-0.25, -0.2) is 4.98 Å². The number of H-pyrrole nitrogens is 1. The lowest BCUT2D eigenvalue weighted by Gasteiger charge is -2.04. The number of aromatic nitrogens is 2. The quantitative estimate of drug-likeness (QED) is 0.914. The van der Waals surface area contributed by atoms with E-state index >= 15 is 0 Å². The van der Waals surface area contributed by atoms with Crippen LogP contribution in [0.4, 0.5) is 0 Å². The highest BCUT2D eigenvalue weighted by atomic mass is 79.9. The Morgan fingerprint density at radius 3 is 2.56 bits per heavy atom. The van der Waals surface area contributed by atoms with E-state index in [1.807, 2.05) is 6.92 Å². The van der Waals surface area contributed by atoms with Crippen molar-refractivity contribution in [2.45, 2.75) is 26.7 Å². The maximum absolute atomic E-state index is 4.31. The van der Waals surface area contributed by atoms with Gasteiger partial charge in [0.05, 0.1) is 0 Å². The van der Waals surface area contributed by atoms with Gasteiger partial charge in [0.1, 0.15) is 10.4 Å². The highest BCUT2D eigenvalue weighted by Gasteiger charge is 2.05. The Balaban J connectivity index is 2.08. The molecule has 0 aliphatic carbocycles. The van der Waals surface area contributed by atoms with Gasteiger partial charge in [0.25, 0.3) is 0 Å². The molecule has 2 nitrogen and oxygen atoms in total. The van der Waals surface area contributed by atoms with E-state index in [2.05, 4.69) is 57.1 Å². The number of hydrogen-bond acceptors (Lipinski definition) is 1. The van der Waals surface area contributed by atoms with Gasteiger partial charge < -0.3 is 4.98 Å². The van der Waals surface area contributed by atoms with E-state index in [0.717, 1.165) is 23.3 Å². The van der Waals surface area contributed by atoms with Gasteiger partial charge in [-0.05, 0) is 53.7 Å². The van der Waals surface area contributed by atoms with E-state index in [-0.39, 0.29) is 0 Å². The molecular formula is C13H15BrN2. The predicted molar refractivity (Wildman–Crippen MR) is 69.6 cm³/mol. The van der Waals surface area contributed by atoms with E-state index in [4.69, 9.17) is 0 Å². The molecule has 0 fully saturated rings. The average molecular weight is 279 g/mol. The van der Waals surface area contributed by atoms with Crippen molar-refractivity contribution in [3.05, 3.63) is 51.5 Å². The monoisotopic (exact) mass is 278 g/mol. The van der Waals surface area contributed by atoms with Crippen LogP contribution in [0, 0.1) is 13.8 Å². The number of aromatic amines is 1. The summed E-state index contributed by atoms with van der Waals surface area (Å²) in [6.07, 6.45) is 2.04. The van der Waals surface area contributed by atoms with Crippen LogP contribution in [-0.2, 0) is 12.8 Å². The Morgan fingerprint density at radius 2 is 1.94 bits per heavy atom. The average Bonchev–Trinajstić information content (AvgIpc) is 2.56. The maximum atomic E-state index is 4.31. The van der Waals surface area contributed by atoms with Gasteiger partial charge in [0.15, 0.2) is 0 Å². The van der Waals surface area contributed by atoms with Crippen LogP contribution in [-0.4, -0.2) is 9.97 Å². The molecular weight excluding hydrogens is 264 g/mol. The van der Waals surface area contributed by atoms with Crippen molar-refractivity contribution < 1.29 is 0 Å². The van der Waals surface area contributed by atoms with Crippen LogP contribution in [0.1, 0.15) is 22.6 Å². The lowest BCUT2D eigenvalue weighted by molar-refractivity contribution is 0.907. The smallest absolute Gasteiger partial charge is 0.127 e. The summed E-state index contributed by atoms with van der Waals surface area (Å²) >= 11 is 3.47. The van der Waals surface area contributed by atoms with Crippen LogP contribution >= 0.6 is 15.9 Å². The lowest BCUT2D eigenvalue weighted by Crippen LogP contribution is -1.94. The minimum Gasteiger partial charge on any atom is -0.345 e. The zero-order valence-electron chi connectivity index (χ0n) is 9.55. The molecule has 0 saturated carbocycles. The Bertz CT molecular complexity index is 488. The van der Waals surface area contributed by atoms with Crippen molar-refractivity contribution in [3.63, 3.8) is 0 Å². The third kappa shape index (κ3) is 2.53. The molecule has 0 unspecified atom stereocenters. The van der Waals surface area contributed by atoms with Gasteiger partial charge in [0, 0.05) is 5.69 Å². The summed E-state index contributed by atoms with van der Waals surface area (Å²) in [6, 6.07) is 8.51. The second-order valence-electron chi connectivity index (χ2n) is 4.02. The maximum Gasteiger partial charge on any atom is 0.127 e. The Hall–Kier alpha value is -1.09. The Morgan fingerprint density at radius 1 is 1.19 bits per heavy atom. The number of imidazole rings is 1. The van der Waals surface area contributed by atoms with Gasteiger partial charge in [0.2, 0.25) is 0 Å². The SMILES string of the molecule is Cc1nc(Br)c(CCc2ccccc2C)[nH]1. The summed E-state index contributed by atoms with van der Waals surface area (Å²) in [6.45, 7) is 4.13. The summed E-state index contributed by atoms with van der Waals surface area (Å²) in [5, 5.41) is 0. The molecule has 1 heterocycles. The fourth-order valence-corrected chi connectivity index (χ4v) is 2.39. The van der Waals surface area contributed by atoms with Gasteiger partial charge in [-0.15, -0.1) is 0 Å². The van der Waals surface area contributed by atoms with Crippen molar-refractivity contribution in [3.8, 4) is 0 Å². The fraction of sp³-hybridized carbons (Fsp3) is 0.308. The zero-order chi connectivity index (χ0) is 11.5. The molecule has 1 aromatic carbocycles.